The van der Waals surface area contributed by atoms with Crippen LogP contribution in [0.5, 0.6) is 0 Å². The minimum atomic E-state index is 0.235. The number of nitrogens with two attached hydrogens (primary N) is 1. The lowest BCUT2D eigenvalue weighted by molar-refractivity contribution is -0.131. The molecule has 1 aliphatic rings. The number of likely N-dealkylation sites (tertiary alicyclic amines) is 1. The Balaban J connectivity index is 1.61. The number of rotatable bonds is 4. The number of carbonyl (C=O) groups excluding carboxylic acids is 1. The summed E-state index contributed by atoms with van der Waals surface area (Å²) in [6.07, 6.45) is 2.29. The summed E-state index contributed by atoms with van der Waals surface area (Å²) in [6, 6.07) is 18.6. The zero-order valence-electron chi connectivity index (χ0n) is 13.6. The van der Waals surface area contributed by atoms with E-state index in [2.05, 4.69) is 31.2 Å². The van der Waals surface area contributed by atoms with E-state index in [4.69, 9.17) is 5.73 Å². The Kier molecular flexibility index (Phi) is 4.65. The van der Waals surface area contributed by atoms with Gasteiger partial charge in [0.25, 0.3) is 0 Å². The van der Waals surface area contributed by atoms with Crippen LogP contribution >= 0.6 is 0 Å². The Labute approximate surface area is 138 Å². The van der Waals surface area contributed by atoms with Crippen LogP contribution in [0, 0.1) is 0 Å². The summed E-state index contributed by atoms with van der Waals surface area (Å²) in [5.74, 6) is 0.691. The minimum absolute atomic E-state index is 0.235. The molecule has 23 heavy (non-hydrogen) atoms. The van der Waals surface area contributed by atoms with Gasteiger partial charge in [-0.1, -0.05) is 48.5 Å². The van der Waals surface area contributed by atoms with Gasteiger partial charge in [0, 0.05) is 30.6 Å². The van der Waals surface area contributed by atoms with E-state index in [1.165, 1.54) is 5.56 Å². The van der Waals surface area contributed by atoms with Crippen molar-refractivity contribution in [3.8, 4) is 0 Å². The van der Waals surface area contributed by atoms with E-state index in [-0.39, 0.29) is 5.91 Å². The van der Waals surface area contributed by atoms with Crippen molar-refractivity contribution in [2.24, 2.45) is 0 Å². The first-order valence-electron chi connectivity index (χ1n) is 8.33. The Morgan fingerprint density at radius 1 is 1.13 bits per heavy atom. The van der Waals surface area contributed by atoms with Gasteiger partial charge in [-0.25, -0.2) is 0 Å². The van der Waals surface area contributed by atoms with Crippen molar-refractivity contribution in [1.29, 1.82) is 0 Å². The highest BCUT2D eigenvalue weighted by Crippen LogP contribution is 2.32. The topological polar surface area (TPSA) is 46.3 Å². The molecular formula is C20H24N2O. The number of anilines is 1. The molecule has 0 aromatic heterocycles. The summed E-state index contributed by atoms with van der Waals surface area (Å²) in [6.45, 7) is 2.98. The fraction of sp³-hybridized carbons (Fsp3) is 0.350. The van der Waals surface area contributed by atoms with Crippen molar-refractivity contribution in [2.75, 3.05) is 12.3 Å². The average molecular weight is 308 g/mol. The lowest BCUT2D eigenvalue weighted by Crippen LogP contribution is -2.34. The molecule has 3 rings (SSSR count). The number of aryl methyl sites for hydroxylation is 1. The van der Waals surface area contributed by atoms with E-state index in [1.807, 2.05) is 35.2 Å². The van der Waals surface area contributed by atoms with Gasteiger partial charge in [0.15, 0.2) is 0 Å². The molecule has 0 radical (unpaired) electrons. The Hall–Kier alpha value is -2.29. The van der Waals surface area contributed by atoms with Crippen LogP contribution < -0.4 is 5.73 Å². The fourth-order valence-electron chi connectivity index (χ4n) is 3.49. The first kappa shape index (κ1) is 15.6. The second-order valence-electron chi connectivity index (χ2n) is 6.44. The summed E-state index contributed by atoms with van der Waals surface area (Å²) < 4.78 is 0. The van der Waals surface area contributed by atoms with Gasteiger partial charge in [-0.2, -0.15) is 0 Å². The third-order valence-corrected chi connectivity index (χ3v) is 4.83. The molecular weight excluding hydrogens is 284 g/mol. The van der Waals surface area contributed by atoms with Gasteiger partial charge in [-0.15, -0.1) is 0 Å². The van der Waals surface area contributed by atoms with Gasteiger partial charge in [-0.3, -0.25) is 4.79 Å². The van der Waals surface area contributed by atoms with Crippen molar-refractivity contribution in [2.45, 2.75) is 38.1 Å². The van der Waals surface area contributed by atoms with Crippen molar-refractivity contribution in [3.05, 3.63) is 65.7 Å². The maximum Gasteiger partial charge on any atom is 0.223 e. The molecule has 0 saturated carbocycles. The molecule has 0 spiro atoms. The average Bonchev–Trinajstić information content (AvgIpc) is 2.97. The summed E-state index contributed by atoms with van der Waals surface area (Å²) in [4.78, 5) is 14.6. The molecule has 1 fully saturated rings. The predicted octanol–water partition coefficient (Wildman–Crippen LogP) is 3.61. The molecule has 0 aliphatic carbocycles. The van der Waals surface area contributed by atoms with Crippen molar-refractivity contribution in [3.63, 3.8) is 0 Å². The zero-order chi connectivity index (χ0) is 16.2. The van der Waals surface area contributed by atoms with Crippen molar-refractivity contribution < 1.29 is 4.79 Å². The number of nitrogen functional groups attached to an aromatic ring is 1. The molecule has 3 heteroatoms. The lowest BCUT2D eigenvalue weighted by Gasteiger charge is -2.21. The van der Waals surface area contributed by atoms with Crippen molar-refractivity contribution >= 4 is 11.6 Å². The van der Waals surface area contributed by atoms with Gasteiger partial charge in [0.1, 0.15) is 0 Å². The predicted molar refractivity (Wildman–Crippen MR) is 94.2 cm³/mol. The van der Waals surface area contributed by atoms with E-state index in [9.17, 15) is 4.79 Å². The van der Waals surface area contributed by atoms with Crippen LogP contribution in [0.2, 0.25) is 0 Å². The first-order valence-corrected chi connectivity index (χ1v) is 8.33. The minimum Gasteiger partial charge on any atom is -0.399 e. The maximum absolute atomic E-state index is 12.6. The van der Waals surface area contributed by atoms with E-state index in [0.717, 1.165) is 24.2 Å². The second kappa shape index (κ2) is 6.86. The van der Waals surface area contributed by atoms with Gasteiger partial charge >= 0.3 is 0 Å². The van der Waals surface area contributed by atoms with Crippen LogP contribution in [0.25, 0.3) is 0 Å². The molecule has 2 N–H and O–H groups in total. The summed E-state index contributed by atoms with van der Waals surface area (Å²) in [7, 11) is 0. The number of amides is 1. The molecule has 2 atom stereocenters. The number of benzene rings is 2. The quantitative estimate of drug-likeness (QED) is 0.877. The normalized spacial score (nSPS) is 20.7. The highest BCUT2D eigenvalue weighted by molar-refractivity contribution is 5.77. The molecule has 3 nitrogen and oxygen atoms in total. The van der Waals surface area contributed by atoms with Gasteiger partial charge in [0.05, 0.1) is 0 Å². The Morgan fingerprint density at radius 2 is 1.83 bits per heavy atom. The fourth-order valence-corrected chi connectivity index (χ4v) is 3.49. The Morgan fingerprint density at radius 3 is 2.57 bits per heavy atom. The largest absolute Gasteiger partial charge is 0.399 e. The van der Waals surface area contributed by atoms with E-state index >= 15 is 0 Å². The van der Waals surface area contributed by atoms with Gasteiger partial charge in [-0.05, 0) is 37.0 Å². The smallest absolute Gasteiger partial charge is 0.223 e. The standard InChI is InChI=1S/C20H24N2O/c1-15-13-18(16-7-3-2-4-8-16)14-22(15)20(23)12-11-17-9-5-6-10-19(17)21/h2-10,15,18H,11-14,21H2,1H3. The highest BCUT2D eigenvalue weighted by Gasteiger charge is 2.32. The van der Waals surface area contributed by atoms with Crippen LogP contribution in [0.3, 0.4) is 0 Å². The summed E-state index contributed by atoms with van der Waals surface area (Å²) in [5, 5.41) is 0. The molecule has 2 aromatic rings. The third-order valence-electron chi connectivity index (χ3n) is 4.83. The molecule has 120 valence electrons. The third kappa shape index (κ3) is 3.55. The number of hydrogen-bond donors (Lipinski definition) is 1. The number of carbonyl (C=O) groups is 1. The van der Waals surface area contributed by atoms with E-state index in [1.54, 1.807) is 0 Å². The van der Waals surface area contributed by atoms with Crippen LogP contribution in [-0.4, -0.2) is 23.4 Å². The number of para-hydroxylation sites is 1. The SMILES string of the molecule is CC1CC(c2ccccc2)CN1C(=O)CCc1ccccc1N. The first-order chi connectivity index (χ1) is 11.1. The zero-order valence-corrected chi connectivity index (χ0v) is 13.6. The van der Waals surface area contributed by atoms with Crippen LogP contribution in [-0.2, 0) is 11.2 Å². The maximum atomic E-state index is 12.6. The molecule has 0 bridgehead atoms. The monoisotopic (exact) mass is 308 g/mol. The molecule has 1 amide bonds. The number of hydrogen-bond acceptors (Lipinski definition) is 2. The molecule has 1 saturated heterocycles. The van der Waals surface area contributed by atoms with Crippen LogP contribution in [0.15, 0.2) is 54.6 Å². The van der Waals surface area contributed by atoms with Gasteiger partial charge in [0.2, 0.25) is 5.91 Å². The van der Waals surface area contributed by atoms with Crippen LogP contribution in [0.4, 0.5) is 5.69 Å². The van der Waals surface area contributed by atoms with Gasteiger partial charge < -0.3 is 10.6 Å². The van der Waals surface area contributed by atoms with Crippen LogP contribution in [0.1, 0.15) is 36.8 Å². The summed E-state index contributed by atoms with van der Waals surface area (Å²) >= 11 is 0. The van der Waals surface area contributed by atoms with E-state index < -0.39 is 0 Å². The molecule has 2 aromatic carbocycles. The second-order valence-corrected chi connectivity index (χ2v) is 6.44. The Bertz CT molecular complexity index is 668. The lowest BCUT2D eigenvalue weighted by atomic mass is 9.97. The molecule has 1 heterocycles. The van der Waals surface area contributed by atoms with E-state index in [0.29, 0.717) is 24.8 Å². The molecule has 2 unspecified atom stereocenters. The molecule has 1 aliphatic heterocycles. The highest BCUT2D eigenvalue weighted by atomic mass is 16.2. The summed E-state index contributed by atoms with van der Waals surface area (Å²) in [5.41, 5.74) is 9.13. The number of nitrogens with zero attached hydrogens (tertiary/aromatic N) is 1. The van der Waals surface area contributed by atoms with Crippen molar-refractivity contribution in [1.82, 2.24) is 4.90 Å².